The van der Waals surface area contributed by atoms with Crippen molar-refractivity contribution >= 4 is 35.3 Å². The van der Waals surface area contributed by atoms with Crippen molar-refractivity contribution in [2.75, 3.05) is 5.32 Å². The fourth-order valence-electron chi connectivity index (χ4n) is 2.38. The number of aromatic nitrogens is 1. The molecule has 0 spiro atoms. The number of fused-ring (bicyclic) bond motifs is 2. The first-order valence-corrected chi connectivity index (χ1v) is 8.21. The molecule has 1 N–H and O–H groups in total. The molecule has 3 aromatic rings. The molecule has 0 saturated heterocycles. The third-order valence-electron chi connectivity index (χ3n) is 3.32. The topological polar surface area (TPSA) is 24.9 Å². The van der Waals surface area contributed by atoms with Crippen molar-refractivity contribution in [3.8, 4) is 11.3 Å². The van der Waals surface area contributed by atoms with Crippen molar-refractivity contribution < 1.29 is 0 Å². The Morgan fingerprint density at radius 1 is 0.800 bits per heavy atom. The third kappa shape index (κ3) is 1.92. The van der Waals surface area contributed by atoms with E-state index in [0.717, 1.165) is 5.69 Å². The molecule has 0 radical (unpaired) electrons. The molecule has 1 aliphatic heterocycles. The SMILES string of the molecule is c1ccc(-c2cccc3c2[Se]c2ccccc2N3)nc1. The van der Waals surface area contributed by atoms with E-state index in [9.17, 15) is 0 Å². The van der Waals surface area contributed by atoms with Crippen LogP contribution in [0.3, 0.4) is 0 Å². The van der Waals surface area contributed by atoms with Gasteiger partial charge in [-0.3, -0.25) is 0 Å². The number of nitrogens with zero attached hydrogens (tertiary/aromatic N) is 1. The average Bonchev–Trinajstić information content (AvgIpc) is 2.53. The third-order valence-corrected chi connectivity index (χ3v) is 5.88. The van der Waals surface area contributed by atoms with Gasteiger partial charge in [-0.1, -0.05) is 0 Å². The molecule has 2 aromatic carbocycles. The zero-order valence-corrected chi connectivity index (χ0v) is 12.4. The first kappa shape index (κ1) is 11.7. The zero-order valence-electron chi connectivity index (χ0n) is 10.7. The standard InChI is InChI=1S/C17H12N2Se/c1-2-10-16-14(8-1)19-15-9-5-6-12(17(15)20-16)13-7-3-4-11-18-13/h1-11,19H. The van der Waals surface area contributed by atoms with Gasteiger partial charge in [-0.25, -0.2) is 0 Å². The van der Waals surface area contributed by atoms with Gasteiger partial charge < -0.3 is 0 Å². The van der Waals surface area contributed by atoms with Gasteiger partial charge in [0.15, 0.2) is 0 Å². The van der Waals surface area contributed by atoms with Crippen molar-refractivity contribution in [1.82, 2.24) is 4.98 Å². The van der Waals surface area contributed by atoms with Crippen molar-refractivity contribution in [2.45, 2.75) is 0 Å². The van der Waals surface area contributed by atoms with Crippen molar-refractivity contribution in [1.29, 1.82) is 0 Å². The summed E-state index contributed by atoms with van der Waals surface area (Å²) in [4.78, 5) is 4.50. The maximum absolute atomic E-state index is 4.50. The summed E-state index contributed by atoms with van der Waals surface area (Å²) in [5.74, 6) is 0. The zero-order chi connectivity index (χ0) is 13.4. The van der Waals surface area contributed by atoms with Crippen LogP contribution in [0.4, 0.5) is 11.4 Å². The minimum atomic E-state index is 0.311. The number of hydrogen-bond acceptors (Lipinski definition) is 2. The quantitative estimate of drug-likeness (QED) is 0.544. The molecule has 1 aliphatic rings. The van der Waals surface area contributed by atoms with Crippen LogP contribution in [-0.4, -0.2) is 19.9 Å². The van der Waals surface area contributed by atoms with Gasteiger partial charge in [0.05, 0.1) is 0 Å². The van der Waals surface area contributed by atoms with Crippen LogP contribution in [0.5, 0.6) is 0 Å². The first-order chi connectivity index (χ1) is 9.92. The predicted octanol–water partition coefficient (Wildman–Crippen LogP) is 2.46. The van der Waals surface area contributed by atoms with Crippen LogP contribution < -0.4 is 14.2 Å². The van der Waals surface area contributed by atoms with E-state index < -0.39 is 0 Å². The number of pyridine rings is 1. The Morgan fingerprint density at radius 3 is 2.55 bits per heavy atom. The molecule has 3 heteroatoms. The maximum atomic E-state index is 4.50. The molecule has 2 heterocycles. The van der Waals surface area contributed by atoms with Gasteiger partial charge in [0.1, 0.15) is 0 Å². The summed E-state index contributed by atoms with van der Waals surface area (Å²) in [5, 5.41) is 3.54. The molecular formula is C17H12N2Se. The molecule has 0 fully saturated rings. The van der Waals surface area contributed by atoms with E-state index in [1.165, 1.54) is 25.9 Å². The van der Waals surface area contributed by atoms with Crippen LogP contribution in [-0.2, 0) is 0 Å². The molecule has 2 nitrogen and oxygen atoms in total. The summed E-state index contributed by atoms with van der Waals surface area (Å²) < 4.78 is 2.79. The van der Waals surface area contributed by atoms with Crippen LogP contribution in [0.1, 0.15) is 0 Å². The molecule has 0 saturated carbocycles. The van der Waals surface area contributed by atoms with Crippen molar-refractivity contribution in [3.63, 3.8) is 0 Å². The minimum absolute atomic E-state index is 0.311. The first-order valence-electron chi connectivity index (χ1n) is 6.50. The van der Waals surface area contributed by atoms with E-state index in [1.807, 2.05) is 18.3 Å². The van der Waals surface area contributed by atoms with Crippen molar-refractivity contribution in [3.05, 3.63) is 66.9 Å². The van der Waals surface area contributed by atoms with E-state index >= 15 is 0 Å². The second-order valence-electron chi connectivity index (χ2n) is 4.62. The Morgan fingerprint density at radius 2 is 1.65 bits per heavy atom. The van der Waals surface area contributed by atoms with E-state index in [1.54, 1.807) is 0 Å². The van der Waals surface area contributed by atoms with Crippen LogP contribution >= 0.6 is 0 Å². The summed E-state index contributed by atoms with van der Waals surface area (Å²) in [5.41, 5.74) is 4.74. The summed E-state index contributed by atoms with van der Waals surface area (Å²) in [7, 11) is 0. The fourth-order valence-corrected chi connectivity index (χ4v) is 4.71. The van der Waals surface area contributed by atoms with E-state index in [4.69, 9.17) is 0 Å². The van der Waals surface area contributed by atoms with E-state index in [0.29, 0.717) is 15.0 Å². The Balaban J connectivity index is 1.87. The molecule has 96 valence electrons. The van der Waals surface area contributed by atoms with Gasteiger partial charge >= 0.3 is 124 Å². The molecule has 20 heavy (non-hydrogen) atoms. The Kier molecular flexibility index (Phi) is 2.80. The van der Waals surface area contributed by atoms with Crippen LogP contribution in [0, 0.1) is 0 Å². The van der Waals surface area contributed by atoms with Gasteiger partial charge in [0, 0.05) is 0 Å². The second kappa shape index (κ2) is 4.78. The van der Waals surface area contributed by atoms with Gasteiger partial charge in [-0.2, -0.15) is 0 Å². The molecule has 0 unspecified atom stereocenters. The Hall–Kier alpha value is -2.09. The summed E-state index contributed by atoms with van der Waals surface area (Å²) >= 11 is 0.311. The van der Waals surface area contributed by atoms with Crippen LogP contribution in [0.2, 0.25) is 0 Å². The molecule has 0 aliphatic carbocycles. The number of benzene rings is 2. The Bertz CT molecular complexity index is 769. The average molecular weight is 323 g/mol. The number of para-hydroxylation sites is 1. The summed E-state index contributed by atoms with van der Waals surface area (Å²) in [6, 6.07) is 21.0. The van der Waals surface area contributed by atoms with E-state index in [2.05, 4.69) is 58.8 Å². The molecule has 1 aromatic heterocycles. The second-order valence-corrected chi connectivity index (χ2v) is 6.83. The molecule has 4 rings (SSSR count). The molecule has 0 atom stereocenters. The van der Waals surface area contributed by atoms with Gasteiger partial charge in [-0.15, -0.1) is 0 Å². The van der Waals surface area contributed by atoms with Gasteiger partial charge in [0.2, 0.25) is 0 Å². The number of hydrogen-bond donors (Lipinski definition) is 1. The monoisotopic (exact) mass is 324 g/mol. The Labute approximate surface area is 124 Å². The number of anilines is 2. The summed E-state index contributed by atoms with van der Waals surface area (Å²) in [6.07, 6.45) is 1.85. The van der Waals surface area contributed by atoms with Gasteiger partial charge in [0.25, 0.3) is 0 Å². The van der Waals surface area contributed by atoms with Gasteiger partial charge in [-0.05, 0) is 0 Å². The fraction of sp³-hybridized carbons (Fsp3) is 0. The number of nitrogens with one attached hydrogen (secondary N) is 1. The van der Waals surface area contributed by atoms with E-state index in [-0.39, 0.29) is 0 Å². The predicted molar refractivity (Wildman–Crippen MR) is 84.4 cm³/mol. The van der Waals surface area contributed by atoms with Crippen molar-refractivity contribution in [2.24, 2.45) is 0 Å². The molecule has 0 bridgehead atoms. The van der Waals surface area contributed by atoms with Crippen LogP contribution in [0.25, 0.3) is 11.3 Å². The molecule has 0 amide bonds. The summed E-state index contributed by atoms with van der Waals surface area (Å²) in [6.45, 7) is 0. The number of rotatable bonds is 1. The molecular weight excluding hydrogens is 311 g/mol. The van der Waals surface area contributed by atoms with Crippen LogP contribution in [0.15, 0.2) is 66.9 Å². The normalized spacial score (nSPS) is 12.2.